The molecule has 0 nitrogen and oxygen atoms in total. The summed E-state index contributed by atoms with van der Waals surface area (Å²) >= 11 is 7.72. The molecular formula is C25H33ClSi. The van der Waals surface area contributed by atoms with E-state index in [1.54, 1.807) is 0 Å². The smallest absolute Gasteiger partial charge is 0.165 e. The maximum atomic E-state index is 7.72. The Morgan fingerprint density at radius 2 is 1.11 bits per heavy atom. The first-order valence-electron chi connectivity index (χ1n) is 10.1. The summed E-state index contributed by atoms with van der Waals surface area (Å²) in [4.78, 5) is 0. The first kappa shape index (κ1) is 21.7. The van der Waals surface area contributed by atoms with Gasteiger partial charge in [0, 0.05) is 0 Å². The van der Waals surface area contributed by atoms with Gasteiger partial charge >= 0.3 is 0 Å². The lowest BCUT2D eigenvalue weighted by Gasteiger charge is -2.43. The maximum absolute atomic E-state index is 7.72. The summed E-state index contributed by atoms with van der Waals surface area (Å²) in [6, 6.07) is 17.7. The number of rotatable bonds is 9. The van der Waals surface area contributed by atoms with E-state index in [0.29, 0.717) is 16.6 Å². The van der Waals surface area contributed by atoms with Gasteiger partial charge in [0.2, 0.25) is 0 Å². The molecule has 2 unspecified atom stereocenters. The predicted molar refractivity (Wildman–Crippen MR) is 126 cm³/mol. The summed E-state index contributed by atoms with van der Waals surface area (Å²) in [6.07, 6.45) is 5.94. The number of hydrogen-bond donors (Lipinski definition) is 0. The average Bonchev–Trinajstić information content (AvgIpc) is 2.70. The molecule has 0 fully saturated rings. The molecule has 0 saturated heterocycles. The van der Waals surface area contributed by atoms with Crippen LogP contribution in [0.1, 0.15) is 73.9 Å². The molecule has 2 atom stereocenters. The molecule has 2 aromatic rings. The van der Waals surface area contributed by atoms with Crippen LogP contribution in [0.2, 0.25) is 5.54 Å². The Hall–Kier alpha value is -1.57. The van der Waals surface area contributed by atoms with Crippen LogP contribution in [-0.4, -0.2) is 7.38 Å². The summed E-state index contributed by atoms with van der Waals surface area (Å²) in [7, 11) is -2.20. The van der Waals surface area contributed by atoms with Gasteiger partial charge < -0.3 is 0 Å². The quantitative estimate of drug-likeness (QED) is 0.295. The number of halogens is 1. The van der Waals surface area contributed by atoms with Crippen molar-refractivity contribution < 1.29 is 0 Å². The van der Waals surface area contributed by atoms with Crippen LogP contribution in [0.5, 0.6) is 0 Å². The van der Waals surface area contributed by atoms with Crippen molar-refractivity contribution in [1.29, 1.82) is 0 Å². The zero-order chi connectivity index (χ0) is 20.0. The molecule has 0 bridgehead atoms. The third-order valence-corrected chi connectivity index (χ3v) is 14.2. The van der Waals surface area contributed by atoms with Crippen LogP contribution in [-0.2, 0) is 0 Å². The van der Waals surface area contributed by atoms with Gasteiger partial charge in [-0.05, 0) is 38.9 Å². The van der Waals surface area contributed by atoms with Crippen molar-refractivity contribution in [1.82, 2.24) is 0 Å². The van der Waals surface area contributed by atoms with Crippen molar-refractivity contribution in [2.24, 2.45) is 0 Å². The van der Waals surface area contributed by atoms with E-state index in [-0.39, 0.29) is 0 Å². The van der Waals surface area contributed by atoms with Crippen LogP contribution in [0.15, 0.2) is 61.7 Å². The Morgan fingerprint density at radius 3 is 1.33 bits per heavy atom. The van der Waals surface area contributed by atoms with E-state index in [0.717, 1.165) is 24.0 Å². The molecule has 2 aromatic carbocycles. The highest BCUT2D eigenvalue weighted by Crippen LogP contribution is 2.50. The molecule has 2 rings (SSSR count). The molecule has 2 heteroatoms. The summed E-state index contributed by atoms with van der Waals surface area (Å²) in [6.45, 7) is 17.0. The molecule has 27 heavy (non-hydrogen) atoms. The van der Waals surface area contributed by atoms with E-state index < -0.39 is 7.38 Å². The fourth-order valence-electron chi connectivity index (χ4n) is 4.38. The van der Waals surface area contributed by atoms with Crippen LogP contribution >= 0.6 is 11.1 Å². The second-order valence-electron chi connectivity index (χ2n) is 7.65. The van der Waals surface area contributed by atoms with Gasteiger partial charge in [0.1, 0.15) is 0 Å². The van der Waals surface area contributed by atoms with E-state index in [1.807, 2.05) is 12.2 Å². The van der Waals surface area contributed by atoms with Gasteiger partial charge in [0.25, 0.3) is 0 Å². The van der Waals surface area contributed by atoms with Crippen molar-refractivity contribution in [3.63, 3.8) is 0 Å². The Balaban J connectivity index is 2.52. The minimum absolute atomic E-state index is 0.419. The van der Waals surface area contributed by atoms with Gasteiger partial charge in [0.15, 0.2) is 7.38 Å². The monoisotopic (exact) mass is 396 g/mol. The van der Waals surface area contributed by atoms with Crippen molar-refractivity contribution in [2.75, 3.05) is 0 Å². The fourth-order valence-corrected chi connectivity index (χ4v) is 10.8. The standard InChI is InChI=1S/C25H33ClSi/c1-7-20-11-15-22(16-12-20)24(9-3)27(26,19(5)6)25(10-4)23-17-13-21(8-2)14-18-23/h7-8,11-19,24-25H,1-2,9-10H2,3-6H3. The van der Waals surface area contributed by atoms with Gasteiger partial charge in [-0.3, -0.25) is 0 Å². The van der Waals surface area contributed by atoms with E-state index in [4.69, 9.17) is 11.1 Å². The van der Waals surface area contributed by atoms with Crippen molar-refractivity contribution in [2.45, 2.75) is 57.2 Å². The Bertz CT molecular complexity index is 683. The van der Waals surface area contributed by atoms with E-state index in [2.05, 4.69) is 89.4 Å². The minimum Gasteiger partial charge on any atom is -0.165 e. The van der Waals surface area contributed by atoms with E-state index >= 15 is 0 Å². The third-order valence-electron chi connectivity index (χ3n) is 5.92. The fraction of sp³-hybridized carbons (Fsp3) is 0.360. The maximum Gasteiger partial charge on any atom is 0.173 e. The molecule has 0 aliphatic carbocycles. The van der Waals surface area contributed by atoms with Crippen LogP contribution in [0.25, 0.3) is 12.2 Å². The van der Waals surface area contributed by atoms with Crippen LogP contribution in [0.3, 0.4) is 0 Å². The topological polar surface area (TPSA) is 0 Å². The van der Waals surface area contributed by atoms with Gasteiger partial charge in [-0.25, -0.2) is 0 Å². The molecule has 0 amide bonds. The van der Waals surface area contributed by atoms with E-state index in [9.17, 15) is 0 Å². The molecule has 0 saturated carbocycles. The first-order valence-corrected chi connectivity index (χ1v) is 13.3. The van der Waals surface area contributed by atoms with Crippen LogP contribution in [0.4, 0.5) is 0 Å². The Morgan fingerprint density at radius 1 is 0.778 bits per heavy atom. The lowest BCUT2D eigenvalue weighted by atomic mass is 10.1. The summed E-state index contributed by atoms with van der Waals surface area (Å²) in [5, 5.41) is 0. The lowest BCUT2D eigenvalue weighted by Crippen LogP contribution is -2.45. The van der Waals surface area contributed by atoms with Gasteiger partial charge in [-0.1, -0.05) is 114 Å². The molecule has 0 radical (unpaired) electrons. The zero-order valence-electron chi connectivity index (χ0n) is 17.2. The Labute approximate surface area is 171 Å². The normalized spacial score (nSPS) is 15.8. The van der Waals surface area contributed by atoms with Crippen LogP contribution in [0, 0.1) is 0 Å². The summed E-state index contributed by atoms with van der Waals surface area (Å²) < 4.78 is 0. The van der Waals surface area contributed by atoms with Gasteiger partial charge in [-0.2, -0.15) is 11.1 Å². The zero-order valence-corrected chi connectivity index (χ0v) is 19.0. The van der Waals surface area contributed by atoms with Crippen molar-refractivity contribution in [3.05, 3.63) is 83.9 Å². The van der Waals surface area contributed by atoms with E-state index in [1.165, 1.54) is 11.1 Å². The van der Waals surface area contributed by atoms with Crippen molar-refractivity contribution >= 4 is 30.6 Å². The number of hydrogen-bond acceptors (Lipinski definition) is 0. The Kier molecular flexibility index (Phi) is 7.70. The largest absolute Gasteiger partial charge is 0.173 e. The molecule has 144 valence electrons. The molecule has 0 aliphatic rings. The molecule has 0 spiro atoms. The number of benzene rings is 2. The van der Waals surface area contributed by atoms with Gasteiger partial charge in [0.05, 0.1) is 0 Å². The summed E-state index contributed by atoms with van der Waals surface area (Å²) in [5.74, 6) is 0. The third kappa shape index (κ3) is 4.47. The van der Waals surface area contributed by atoms with Crippen molar-refractivity contribution in [3.8, 4) is 0 Å². The highest BCUT2D eigenvalue weighted by molar-refractivity contribution is 7.22. The van der Waals surface area contributed by atoms with Gasteiger partial charge in [-0.15, -0.1) is 0 Å². The average molecular weight is 397 g/mol. The summed E-state index contributed by atoms with van der Waals surface area (Å²) in [5.41, 5.74) is 6.38. The molecule has 0 N–H and O–H groups in total. The van der Waals surface area contributed by atoms with Crippen LogP contribution < -0.4 is 0 Å². The predicted octanol–water partition coefficient (Wildman–Crippen LogP) is 8.33. The highest BCUT2D eigenvalue weighted by Gasteiger charge is 2.48. The highest BCUT2D eigenvalue weighted by atomic mass is 35.6. The molecule has 0 aliphatic heterocycles. The lowest BCUT2D eigenvalue weighted by molar-refractivity contribution is 0.738. The molecule has 0 heterocycles. The SMILES string of the molecule is C=Cc1ccc(C(CC)[Si](Cl)(C(C)C)C(CC)c2ccc(C=C)cc2)cc1. The molecule has 0 aromatic heterocycles. The first-order chi connectivity index (χ1) is 12.9. The second kappa shape index (κ2) is 9.57. The second-order valence-corrected chi connectivity index (χ2v) is 13.8. The minimum atomic E-state index is -2.20. The molecular weight excluding hydrogens is 364 g/mol.